The maximum absolute atomic E-state index is 12.9. The van der Waals surface area contributed by atoms with Crippen molar-refractivity contribution in [3.8, 4) is 11.8 Å². The number of fused-ring (bicyclic) bond motifs is 1. The van der Waals surface area contributed by atoms with Crippen molar-refractivity contribution in [1.29, 1.82) is 0 Å². The van der Waals surface area contributed by atoms with Crippen LogP contribution in [0.2, 0.25) is 0 Å². The molecule has 0 bridgehead atoms. The van der Waals surface area contributed by atoms with Crippen LogP contribution in [0.5, 0.6) is 0 Å². The van der Waals surface area contributed by atoms with Crippen molar-refractivity contribution in [1.82, 2.24) is 0 Å². The number of hydrogen-bond acceptors (Lipinski definition) is 6. The zero-order valence-corrected chi connectivity index (χ0v) is 21.4. The SMILES string of the molecule is CC#CCC(C)(C)[C@@H](/C=C/[C@@H]1[C@H]2CC(=O)O[C@H]2C[C@H]1OC(=O)c1ccccc1)OC(=O)c1ccccc1. The van der Waals surface area contributed by atoms with E-state index in [1.54, 1.807) is 55.5 Å². The maximum atomic E-state index is 12.9. The molecule has 1 aliphatic carbocycles. The second-order valence-corrected chi connectivity index (χ2v) is 10.2. The molecule has 6 heteroatoms. The average molecular weight is 501 g/mol. The molecule has 6 nitrogen and oxygen atoms in total. The first-order valence-electron chi connectivity index (χ1n) is 12.6. The number of hydrogen-bond donors (Lipinski definition) is 0. The minimum Gasteiger partial charge on any atom is -0.462 e. The molecule has 192 valence electrons. The lowest BCUT2D eigenvalue weighted by Crippen LogP contribution is -2.33. The molecule has 2 aromatic rings. The van der Waals surface area contributed by atoms with Crippen LogP contribution in [0.4, 0.5) is 0 Å². The van der Waals surface area contributed by atoms with E-state index in [0.717, 1.165) is 0 Å². The highest BCUT2D eigenvalue weighted by Crippen LogP contribution is 2.44. The molecule has 2 aromatic carbocycles. The molecule has 0 spiro atoms. The van der Waals surface area contributed by atoms with Gasteiger partial charge in [-0.05, 0) is 37.3 Å². The zero-order chi connectivity index (χ0) is 26.4. The number of carbonyl (C=O) groups is 3. The molecule has 0 aromatic heterocycles. The molecule has 5 atom stereocenters. The quantitative estimate of drug-likeness (QED) is 0.209. The van der Waals surface area contributed by atoms with Crippen LogP contribution in [0, 0.1) is 29.1 Å². The van der Waals surface area contributed by atoms with Gasteiger partial charge in [0.15, 0.2) is 0 Å². The summed E-state index contributed by atoms with van der Waals surface area (Å²) < 4.78 is 17.4. The highest BCUT2D eigenvalue weighted by Gasteiger charge is 2.51. The van der Waals surface area contributed by atoms with Crippen LogP contribution in [-0.2, 0) is 19.0 Å². The van der Waals surface area contributed by atoms with Crippen LogP contribution in [0.3, 0.4) is 0 Å². The van der Waals surface area contributed by atoms with Crippen molar-refractivity contribution in [2.45, 2.75) is 58.3 Å². The summed E-state index contributed by atoms with van der Waals surface area (Å²) in [6.45, 7) is 5.77. The summed E-state index contributed by atoms with van der Waals surface area (Å²) in [5.41, 5.74) is 0.442. The van der Waals surface area contributed by atoms with Crippen LogP contribution in [-0.4, -0.2) is 36.2 Å². The zero-order valence-electron chi connectivity index (χ0n) is 21.4. The van der Waals surface area contributed by atoms with Crippen molar-refractivity contribution in [3.05, 3.63) is 83.9 Å². The Hall–Kier alpha value is -3.85. The van der Waals surface area contributed by atoms with Gasteiger partial charge in [0, 0.05) is 30.1 Å². The minimum absolute atomic E-state index is 0.110. The average Bonchev–Trinajstić information content (AvgIpc) is 3.41. The van der Waals surface area contributed by atoms with Crippen molar-refractivity contribution in [2.24, 2.45) is 17.3 Å². The number of benzene rings is 2. The largest absolute Gasteiger partial charge is 0.462 e. The van der Waals surface area contributed by atoms with E-state index in [0.29, 0.717) is 24.0 Å². The van der Waals surface area contributed by atoms with Gasteiger partial charge in [-0.3, -0.25) is 4.79 Å². The molecular formula is C31H32O6. The number of esters is 3. The second-order valence-electron chi connectivity index (χ2n) is 10.2. The van der Waals surface area contributed by atoms with Crippen LogP contribution in [0.15, 0.2) is 72.8 Å². The Labute approximate surface area is 218 Å². The number of ether oxygens (including phenoxy) is 3. The topological polar surface area (TPSA) is 78.9 Å². The van der Waals surface area contributed by atoms with Crippen molar-refractivity contribution in [3.63, 3.8) is 0 Å². The highest BCUT2D eigenvalue weighted by atomic mass is 16.6. The van der Waals surface area contributed by atoms with E-state index in [9.17, 15) is 14.4 Å². The van der Waals surface area contributed by atoms with Crippen LogP contribution >= 0.6 is 0 Å². The summed E-state index contributed by atoms with van der Waals surface area (Å²) >= 11 is 0. The van der Waals surface area contributed by atoms with E-state index in [-0.39, 0.29) is 30.3 Å². The molecular weight excluding hydrogens is 468 g/mol. The standard InChI is InChI=1S/C31H32O6/c1-4-5-18-31(2,3)27(37-30(34)22-14-10-7-11-15-22)17-16-23-24-19-28(32)35-26(24)20-25(23)36-29(33)21-12-8-6-9-13-21/h6-17,23-27H,18-20H2,1-3H3/b17-16+/t23-,24-,25-,26+,27-/m1/s1. The van der Waals surface area contributed by atoms with Gasteiger partial charge in [-0.1, -0.05) is 56.3 Å². The number of carbonyl (C=O) groups excluding carboxylic acids is 3. The Morgan fingerprint density at radius 2 is 1.68 bits per heavy atom. The van der Waals surface area contributed by atoms with E-state index in [1.165, 1.54) is 0 Å². The molecule has 0 N–H and O–H groups in total. The molecule has 0 unspecified atom stereocenters. The molecule has 4 rings (SSSR count). The Morgan fingerprint density at radius 1 is 1.05 bits per heavy atom. The third-order valence-corrected chi connectivity index (χ3v) is 7.06. The fraction of sp³-hybridized carbons (Fsp3) is 0.387. The van der Waals surface area contributed by atoms with Gasteiger partial charge in [0.25, 0.3) is 0 Å². The summed E-state index contributed by atoms with van der Waals surface area (Å²) in [7, 11) is 0. The highest BCUT2D eigenvalue weighted by molar-refractivity contribution is 5.90. The first kappa shape index (κ1) is 26.2. The third-order valence-electron chi connectivity index (χ3n) is 7.06. The molecule has 37 heavy (non-hydrogen) atoms. The molecule has 0 radical (unpaired) electrons. The van der Waals surface area contributed by atoms with Crippen molar-refractivity contribution >= 4 is 17.9 Å². The maximum Gasteiger partial charge on any atom is 0.338 e. The van der Waals surface area contributed by atoms with Gasteiger partial charge in [-0.25, -0.2) is 9.59 Å². The normalized spacial score (nSPS) is 23.5. The predicted molar refractivity (Wildman–Crippen MR) is 138 cm³/mol. The van der Waals surface area contributed by atoms with Gasteiger partial charge >= 0.3 is 17.9 Å². The van der Waals surface area contributed by atoms with Gasteiger partial charge in [0.2, 0.25) is 0 Å². The summed E-state index contributed by atoms with van der Waals surface area (Å²) in [6.07, 6.45) is 3.64. The molecule has 2 fully saturated rings. The van der Waals surface area contributed by atoms with E-state index >= 15 is 0 Å². The third kappa shape index (κ3) is 6.29. The van der Waals surface area contributed by atoms with Crippen LogP contribution in [0.25, 0.3) is 0 Å². The van der Waals surface area contributed by atoms with Gasteiger partial charge in [-0.15, -0.1) is 11.8 Å². The summed E-state index contributed by atoms with van der Waals surface area (Å²) in [4.78, 5) is 37.8. The van der Waals surface area contributed by atoms with Gasteiger partial charge in [0.05, 0.1) is 17.5 Å². The fourth-order valence-corrected chi connectivity index (χ4v) is 4.93. The Bertz CT molecular complexity index is 1200. The monoisotopic (exact) mass is 500 g/mol. The van der Waals surface area contributed by atoms with Crippen molar-refractivity contribution < 1.29 is 28.6 Å². The molecule has 1 aliphatic heterocycles. The lowest BCUT2D eigenvalue weighted by atomic mass is 9.81. The molecule has 1 saturated heterocycles. The lowest BCUT2D eigenvalue weighted by Gasteiger charge is -2.31. The Kier molecular flexibility index (Phi) is 8.13. The Morgan fingerprint density at radius 3 is 2.30 bits per heavy atom. The number of rotatable bonds is 8. The molecule has 1 saturated carbocycles. The summed E-state index contributed by atoms with van der Waals surface area (Å²) in [5.74, 6) is 4.56. The van der Waals surface area contributed by atoms with E-state index in [4.69, 9.17) is 14.2 Å². The Balaban J connectivity index is 1.58. The van der Waals surface area contributed by atoms with Crippen LogP contribution in [0.1, 0.15) is 60.7 Å². The van der Waals surface area contributed by atoms with Gasteiger partial charge < -0.3 is 14.2 Å². The first-order valence-corrected chi connectivity index (χ1v) is 12.6. The molecule has 2 aliphatic rings. The molecule has 1 heterocycles. The fourth-order valence-electron chi connectivity index (χ4n) is 4.93. The second kappa shape index (κ2) is 11.5. The smallest absolute Gasteiger partial charge is 0.338 e. The van der Waals surface area contributed by atoms with Gasteiger partial charge in [-0.2, -0.15) is 0 Å². The summed E-state index contributed by atoms with van der Waals surface area (Å²) in [6, 6.07) is 17.7. The van der Waals surface area contributed by atoms with E-state index < -0.39 is 29.6 Å². The summed E-state index contributed by atoms with van der Waals surface area (Å²) in [5, 5.41) is 0. The van der Waals surface area contributed by atoms with Gasteiger partial charge in [0.1, 0.15) is 18.3 Å². The van der Waals surface area contributed by atoms with Crippen molar-refractivity contribution in [2.75, 3.05) is 0 Å². The minimum atomic E-state index is -0.594. The lowest BCUT2D eigenvalue weighted by molar-refractivity contribution is -0.141. The predicted octanol–water partition coefficient (Wildman–Crippen LogP) is 5.39. The van der Waals surface area contributed by atoms with E-state index in [2.05, 4.69) is 11.8 Å². The van der Waals surface area contributed by atoms with Crippen LogP contribution < -0.4 is 0 Å². The first-order chi connectivity index (χ1) is 17.8. The molecule has 0 amide bonds. The van der Waals surface area contributed by atoms with E-state index in [1.807, 2.05) is 38.1 Å².